The van der Waals surface area contributed by atoms with E-state index in [1.54, 1.807) is 11.3 Å². The highest BCUT2D eigenvalue weighted by Crippen LogP contribution is 2.19. The molecule has 1 atom stereocenters. The largest absolute Gasteiger partial charge is 0.396 e. The van der Waals surface area contributed by atoms with Crippen LogP contribution in [0.25, 0.3) is 0 Å². The minimum Gasteiger partial charge on any atom is -0.396 e. The molecule has 1 N–H and O–H groups in total. The van der Waals surface area contributed by atoms with E-state index < -0.39 is 0 Å². The fraction of sp³-hybridized carbons (Fsp3) is 0.562. The van der Waals surface area contributed by atoms with Crippen LogP contribution in [0.3, 0.4) is 0 Å². The molecule has 2 aromatic rings. The van der Waals surface area contributed by atoms with Gasteiger partial charge in [0.2, 0.25) is 0 Å². The molecule has 2 aromatic heterocycles. The average Bonchev–Trinajstić information content (AvgIpc) is 3.14. The second-order valence-corrected chi connectivity index (χ2v) is 6.81. The topological polar surface area (TPSA) is 44.5 Å². The summed E-state index contributed by atoms with van der Waals surface area (Å²) in [7, 11) is 1.96. The smallest absolute Gasteiger partial charge is 0.0534 e. The van der Waals surface area contributed by atoms with Crippen LogP contribution in [0.15, 0.2) is 29.2 Å². The zero-order valence-electron chi connectivity index (χ0n) is 13.1. The van der Waals surface area contributed by atoms with Gasteiger partial charge in [-0.3, -0.25) is 14.5 Å². The van der Waals surface area contributed by atoms with Crippen molar-refractivity contribution in [3.05, 3.63) is 40.3 Å². The average molecular weight is 320 g/mol. The Kier molecular flexibility index (Phi) is 5.25. The molecule has 5 nitrogen and oxygen atoms in total. The molecule has 0 spiro atoms. The first kappa shape index (κ1) is 15.7. The Bertz CT molecular complexity index is 568. The zero-order valence-corrected chi connectivity index (χ0v) is 13.9. The van der Waals surface area contributed by atoms with Crippen LogP contribution in [0, 0.1) is 0 Å². The van der Waals surface area contributed by atoms with Gasteiger partial charge in [-0.1, -0.05) is 0 Å². The third kappa shape index (κ3) is 3.95. The summed E-state index contributed by atoms with van der Waals surface area (Å²) in [6.07, 6.45) is 4.87. The Labute approximate surface area is 135 Å². The number of aromatic nitrogens is 2. The maximum atomic E-state index is 9.39. The van der Waals surface area contributed by atoms with Crippen LogP contribution in [-0.4, -0.2) is 57.0 Å². The molecule has 1 aliphatic heterocycles. The maximum absolute atomic E-state index is 9.39. The molecule has 0 bridgehead atoms. The standard InChI is InChI=1S/C16H24N4OS/c1-18-9-15(8-17-18)10-19-4-5-20(16(12-19)2-6-21)11-14-3-7-22-13-14/h3,7-9,13,16,21H,2,4-6,10-12H2,1H3/t16-/m1/s1. The molecule has 22 heavy (non-hydrogen) atoms. The van der Waals surface area contributed by atoms with Crippen LogP contribution in [-0.2, 0) is 20.1 Å². The Morgan fingerprint density at radius 3 is 2.91 bits per heavy atom. The predicted molar refractivity (Wildman–Crippen MR) is 88.7 cm³/mol. The summed E-state index contributed by atoms with van der Waals surface area (Å²) < 4.78 is 1.85. The van der Waals surface area contributed by atoms with Crippen molar-refractivity contribution < 1.29 is 5.11 Å². The van der Waals surface area contributed by atoms with E-state index in [0.717, 1.165) is 39.1 Å². The highest BCUT2D eigenvalue weighted by molar-refractivity contribution is 7.07. The van der Waals surface area contributed by atoms with Gasteiger partial charge in [0.15, 0.2) is 0 Å². The highest BCUT2D eigenvalue weighted by Gasteiger charge is 2.26. The van der Waals surface area contributed by atoms with E-state index >= 15 is 0 Å². The molecule has 0 saturated carbocycles. The first-order valence-corrected chi connectivity index (χ1v) is 8.75. The van der Waals surface area contributed by atoms with E-state index in [-0.39, 0.29) is 6.61 Å². The van der Waals surface area contributed by atoms with Crippen molar-refractivity contribution >= 4 is 11.3 Å². The van der Waals surface area contributed by atoms with Crippen molar-refractivity contribution in [2.45, 2.75) is 25.6 Å². The fourth-order valence-electron chi connectivity index (χ4n) is 3.16. The van der Waals surface area contributed by atoms with E-state index in [2.05, 4.69) is 37.9 Å². The van der Waals surface area contributed by atoms with Crippen molar-refractivity contribution in [3.63, 3.8) is 0 Å². The maximum Gasteiger partial charge on any atom is 0.0534 e. The normalized spacial score (nSPS) is 20.5. The second kappa shape index (κ2) is 7.37. The van der Waals surface area contributed by atoms with Gasteiger partial charge in [-0.25, -0.2) is 0 Å². The van der Waals surface area contributed by atoms with Crippen LogP contribution >= 0.6 is 11.3 Å². The first-order valence-electron chi connectivity index (χ1n) is 7.80. The molecule has 3 heterocycles. The molecule has 1 saturated heterocycles. The Morgan fingerprint density at radius 2 is 2.23 bits per heavy atom. The van der Waals surface area contributed by atoms with Gasteiger partial charge >= 0.3 is 0 Å². The summed E-state index contributed by atoms with van der Waals surface area (Å²) in [5.74, 6) is 0. The number of aliphatic hydroxyl groups is 1. The van der Waals surface area contributed by atoms with Crippen LogP contribution in [0.1, 0.15) is 17.5 Å². The Balaban J connectivity index is 1.60. The van der Waals surface area contributed by atoms with Gasteiger partial charge in [0, 0.05) is 64.2 Å². The van der Waals surface area contributed by atoms with Gasteiger partial charge in [0.25, 0.3) is 0 Å². The van der Waals surface area contributed by atoms with E-state index in [1.165, 1.54) is 11.1 Å². The number of hydrogen-bond acceptors (Lipinski definition) is 5. The van der Waals surface area contributed by atoms with E-state index in [9.17, 15) is 5.11 Å². The lowest BCUT2D eigenvalue weighted by Gasteiger charge is -2.41. The van der Waals surface area contributed by atoms with Crippen molar-refractivity contribution in [2.75, 3.05) is 26.2 Å². The van der Waals surface area contributed by atoms with Crippen molar-refractivity contribution in [3.8, 4) is 0 Å². The number of thiophene rings is 1. The third-order valence-electron chi connectivity index (χ3n) is 4.28. The summed E-state index contributed by atoms with van der Waals surface area (Å²) >= 11 is 1.75. The SMILES string of the molecule is Cn1cc(CN2CCN(Cc3ccsc3)[C@H](CCO)C2)cn1. The van der Waals surface area contributed by atoms with E-state index in [1.807, 2.05) is 17.9 Å². The van der Waals surface area contributed by atoms with Gasteiger partial charge in [0.05, 0.1) is 6.20 Å². The molecule has 0 radical (unpaired) electrons. The van der Waals surface area contributed by atoms with Gasteiger partial charge in [-0.05, 0) is 28.8 Å². The van der Waals surface area contributed by atoms with Crippen LogP contribution < -0.4 is 0 Å². The van der Waals surface area contributed by atoms with Crippen molar-refractivity contribution in [2.24, 2.45) is 7.05 Å². The molecular weight excluding hydrogens is 296 g/mol. The quantitative estimate of drug-likeness (QED) is 0.877. The summed E-state index contributed by atoms with van der Waals surface area (Å²) in [5.41, 5.74) is 2.64. The summed E-state index contributed by atoms with van der Waals surface area (Å²) in [5, 5.41) is 18.0. The lowest BCUT2D eigenvalue weighted by Crippen LogP contribution is -2.52. The number of rotatable bonds is 6. The molecule has 0 aliphatic carbocycles. The molecule has 6 heteroatoms. The van der Waals surface area contributed by atoms with Gasteiger partial charge in [-0.2, -0.15) is 16.4 Å². The molecule has 0 amide bonds. The molecule has 1 fully saturated rings. The van der Waals surface area contributed by atoms with E-state index in [0.29, 0.717) is 6.04 Å². The Hall–Kier alpha value is -1.21. The molecule has 120 valence electrons. The fourth-order valence-corrected chi connectivity index (χ4v) is 3.82. The molecule has 1 aliphatic rings. The molecule has 0 aromatic carbocycles. The number of nitrogens with zero attached hydrogens (tertiary/aromatic N) is 4. The molecular formula is C16H24N4OS. The first-order chi connectivity index (χ1) is 10.7. The predicted octanol–water partition coefficient (Wildman–Crippen LogP) is 1.55. The number of aryl methyl sites for hydroxylation is 1. The lowest BCUT2D eigenvalue weighted by molar-refractivity contribution is 0.0500. The van der Waals surface area contributed by atoms with Gasteiger partial charge in [-0.15, -0.1) is 0 Å². The number of aliphatic hydroxyl groups excluding tert-OH is 1. The summed E-state index contributed by atoms with van der Waals surface area (Å²) in [4.78, 5) is 4.99. The second-order valence-electron chi connectivity index (χ2n) is 6.03. The van der Waals surface area contributed by atoms with Crippen molar-refractivity contribution in [1.82, 2.24) is 19.6 Å². The third-order valence-corrected chi connectivity index (χ3v) is 5.01. The number of piperazine rings is 1. The Morgan fingerprint density at radius 1 is 1.32 bits per heavy atom. The van der Waals surface area contributed by atoms with Gasteiger partial charge < -0.3 is 5.11 Å². The zero-order chi connectivity index (χ0) is 15.4. The summed E-state index contributed by atoms with van der Waals surface area (Å²) in [6.45, 7) is 5.34. The molecule has 0 unspecified atom stereocenters. The number of hydrogen-bond donors (Lipinski definition) is 1. The van der Waals surface area contributed by atoms with Crippen molar-refractivity contribution in [1.29, 1.82) is 0 Å². The van der Waals surface area contributed by atoms with Crippen LogP contribution in [0.2, 0.25) is 0 Å². The monoisotopic (exact) mass is 320 g/mol. The highest BCUT2D eigenvalue weighted by atomic mass is 32.1. The van der Waals surface area contributed by atoms with Gasteiger partial charge in [0.1, 0.15) is 0 Å². The van der Waals surface area contributed by atoms with Crippen LogP contribution in [0.4, 0.5) is 0 Å². The van der Waals surface area contributed by atoms with Crippen LogP contribution in [0.5, 0.6) is 0 Å². The minimum absolute atomic E-state index is 0.255. The van der Waals surface area contributed by atoms with E-state index in [4.69, 9.17) is 0 Å². The summed E-state index contributed by atoms with van der Waals surface area (Å²) in [6, 6.07) is 2.62. The molecule has 3 rings (SSSR count). The minimum atomic E-state index is 0.255. The lowest BCUT2D eigenvalue weighted by atomic mass is 10.1.